The van der Waals surface area contributed by atoms with Crippen molar-refractivity contribution in [3.05, 3.63) is 97.3 Å². The SMILES string of the molecule is c1ccc2c(c1)ccc1oc(-c3nnc(-c4ccc(-c5coc6ccccc56)cc4)o3)cc12. The molecule has 5 heteroatoms. The van der Waals surface area contributed by atoms with E-state index < -0.39 is 0 Å². The molecule has 156 valence electrons. The summed E-state index contributed by atoms with van der Waals surface area (Å²) >= 11 is 0. The summed E-state index contributed by atoms with van der Waals surface area (Å²) in [5, 5.41) is 12.9. The van der Waals surface area contributed by atoms with E-state index in [0.29, 0.717) is 17.5 Å². The summed E-state index contributed by atoms with van der Waals surface area (Å²) in [6.07, 6.45) is 1.79. The van der Waals surface area contributed by atoms with Crippen LogP contribution in [0.15, 0.2) is 111 Å². The van der Waals surface area contributed by atoms with Crippen molar-refractivity contribution >= 4 is 32.7 Å². The van der Waals surface area contributed by atoms with Gasteiger partial charge in [0.2, 0.25) is 5.89 Å². The van der Waals surface area contributed by atoms with Crippen molar-refractivity contribution in [3.8, 4) is 34.2 Å². The van der Waals surface area contributed by atoms with E-state index in [1.165, 1.54) is 0 Å². The van der Waals surface area contributed by atoms with Crippen LogP contribution >= 0.6 is 0 Å². The van der Waals surface area contributed by atoms with Gasteiger partial charge in [-0.25, -0.2) is 0 Å². The molecule has 0 N–H and O–H groups in total. The van der Waals surface area contributed by atoms with Gasteiger partial charge in [0, 0.05) is 21.9 Å². The Hall–Kier alpha value is -4.64. The average Bonchev–Trinajstić information content (AvgIpc) is 3.62. The molecule has 7 rings (SSSR count). The summed E-state index contributed by atoms with van der Waals surface area (Å²) in [6.45, 7) is 0. The first-order valence-electron chi connectivity index (χ1n) is 10.7. The number of rotatable bonds is 3. The highest BCUT2D eigenvalue weighted by atomic mass is 16.4. The predicted octanol–water partition coefficient (Wildman–Crippen LogP) is 7.72. The third-order valence-electron chi connectivity index (χ3n) is 5.99. The topological polar surface area (TPSA) is 65.2 Å². The van der Waals surface area contributed by atoms with Crippen LogP contribution in [-0.4, -0.2) is 10.2 Å². The quantitative estimate of drug-likeness (QED) is 0.288. The van der Waals surface area contributed by atoms with E-state index >= 15 is 0 Å². The molecule has 3 aromatic heterocycles. The molecular weight excluding hydrogens is 412 g/mol. The fourth-order valence-corrected chi connectivity index (χ4v) is 4.33. The van der Waals surface area contributed by atoms with Crippen molar-refractivity contribution in [1.82, 2.24) is 10.2 Å². The normalized spacial score (nSPS) is 11.6. The minimum absolute atomic E-state index is 0.357. The number of fused-ring (bicyclic) bond motifs is 4. The molecule has 0 aliphatic rings. The molecule has 5 nitrogen and oxygen atoms in total. The Morgan fingerprint density at radius 2 is 1.30 bits per heavy atom. The van der Waals surface area contributed by atoms with Crippen LogP contribution in [0, 0.1) is 0 Å². The van der Waals surface area contributed by atoms with Crippen LogP contribution in [0.5, 0.6) is 0 Å². The van der Waals surface area contributed by atoms with Gasteiger partial charge in [0.05, 0.1) is 6.26 Å². The summed E-state index contributed by atoms with van der Waals surface area (Å²) in [7, 11) is 0. The van der Waals surface area contributed by atoms with Gasteiger partial charge in [-0.15, -0.1) is 10.2 Å². The number of benzene rings is 4. The second-order valence-electron chi connectivity index (χ2n) is 7.94. The van der Waals surface area contributed by atoms with Crippen LogP contribution in [-0.2, 0) is 0 Å². The van der Waals surface area contributed by atoms with E-state index in [-0.39, 0.29) is 0 Å². The molecule has 0 aliphatic heterocycles. The summed E-state index contributed by atoms with van der Waals surface area (Å²) in [5.74, 6) is 1.36. The molecule has 3 heterocycles. The van der Waals surface area contributed by atoms with Crippen molar-refractivity contribution in [2.24, 2.45) is 0 Å². The second kappa shape index (κ2) is 6.93. The minimum atomic E-state index is 0.357. The summed E-state index contributed by atoms with van der Waals surface area (Å²) < 4.78 is 17.6. The number of aromatic nitrogens is 2. The third-order valence-corrected chi connectivity index (χ3v) is 5.99. The van der Waals surface area contributed by atoms with E-state index in [1.807, 2.05) is 66.7 Å². The molecule has 0 unspecified atom stereocenters. The molecule has 0 bridgehead atoms. The molecular formula is C28H16N2O3. The minimum Gasteiger partial charge on any atom is -0.464 e. The highest BCUT2D eigenvalue weighted by Crippen LogP contribution is 2.34. The summed E-state index contributed by atoms with van der Waals surface area (Å²) in [4.78, 5) is 0. The molecule has 7 aromatic rings. The monoisotopic (exact) mass is 428 g/mol. The number of hydrogen-bond donors (Lipinski definition) is 0. The van der Waals surface area contributed by atoms with Gasteiger partial charge in [0.1, 0.15) is 11.2 Å². The molecule has 4 aromatic carbocycles. The van der Waals surface area contributed by atoms with Crippen molar-refractivity contribution in [2.45, 2.75) is 0 Å². The first-order chi connectivity index (χ1) is 16.3. The number of para-hydroxylation sites is 1. The molecule has 0 spiro atoms. The van der Waals surface area contributed by atoms with Crippen LogP contribution in [0.25, 0.3) is 66.9 Å². The van der Waals surface area contributed by atoms with Gasteiger partial charge < -0.3 is 13.3 Å². The van der Waals surface area contributed by atoms with E-state index in [2.05, 4.69) is 34.5 Å². The summed E-state index contributed by atoms with van der Waals surface area (Å²) in [6, 6.07) is 30.2. The van der Waals surface area contributed by atoms with Crippen molar-refractivity contribution in [3.63, 3.8) is 0 Å². The predicted molar refractivity (Wildman–Crippen MR) is 128 cm³/mol. The smallest absolute Gasteiger partial charge is 0.283 e. The third kappa shape index (κ3) is 2.87. The largest absolute Gasteiger partial charge is 0.464 e. The Balaban J connectivity index is 1.23. The molecule has 0 fully saturated rings. The van der Waals surface area contributed by atoms with Crippen molar-refractivity contribution in [2.75, 3.05) is 0 Å². The van der Waals surface area contributed by atoms with Crippen LogP contribution in [0.4, 0.5) is 0 Å². The summed E-state index contributed by atoms with van der Waals surface area (Å²) in [5.41, 5.74) is 4.62. The second-order valence-corrected chi connectivity index (χ2v) is 7.94. The molecule has 0 aliphatic carbocycles. The highest BCUT2D eigenvalue weighted by molar-refractivity contribution is 6.06. The van der Waals surface area contributed by atoms with E-state index in [1.54, 1.807) is 6.26 Å². The maximum atomic E-state index is 6.01. The first kappa shape index (κ1) is 18.0. The average molecular weight is 428 g/mol. The van der Waals surface area contributed by atoms with Gasteiger partial charge in [-0.3, -0.25) is 0 Å². The molecule has 33 heavy (non-hydrogen) atoms. The molecule has 0 atom stereocenters. The van der Waals surface area contributed by atoms with Crippen LogP contribution in [0.2, 0.25) is 0 Å². The first-order valence-corrected chi connectivity index (χ1v) is 10.7. The lowest BCUT2D eigenvalue weighted by molar-refractivity contribution is 0.542. The Morgan fingerprint density at radius 1 is 0.545 bits per heavy atom. The van der Waals surface area contributed by atoms with Crippen molar-refractivity contribution in [1.29, 1.82) is 0 Å². The van der Waals surface area contributed by atoms with Gasteiger partial charge >= 0.3 is 0 Å². The highest BCUT2D eigenvalue weighted by Gasteiger charge is 2.16. The Bertz CT molecular complexity index is 1770. The molecule has 0 amide bonds. The molecule has 0 saturated carbocycles. The zero-order valence-electron chi connectivity index (χ0n) is 17.4. The Kier molecular flexibility index (Phi) is 3.78. The van der Waals surface area contributed by atoms with Gasteiger partial charge in [0.15, 0.2) is 5.76 Å². The fourth-order valence-electron chi connectivity index (χ4n) is 4.33. The lowest BCUT2D eigenvalue weighted by atomic mass is 10.0. The van der Waals surface area contributed by atoms with Gasteiger partial charge in [-0.1, -0.05) is 60.7 Å². The van der Waals surface area contributed by atoms with Gasteiger partial charge in [-0.05, 0) is 46.7 Å². The van der Waals surface area contributed by atoms with Crippen LogP contribution < -0.4 is 0 Å². The molecule has 0 radical (unpaired) electrons. The van der Waals surface area contributed by atoms with Crippen LogP contribution in [0.3, 0.4) is 0 Å². The molecule has 0 saturated heterocycles. The number of hydrogen-bond acceptors (Lipinski definition) is 5. The Morgan fingerprint density at radius 3 is 2.21 bits per heavy atom. The van der Waals surface area contributed by atoms with Gasteiger partial charge in [0.25, 0.3) is 5.89 Å². The number of nitrogens with zero attached hydrogens (tertiary/aromatic N) is 2. The van der Waals surface area contributed by atoms with E-state index in [9.17, 15) is 0 Å². The zero-order valence-corrected chi connectivity index (χ0v) is 17.4. The Labute approximate surface area is 187 Å². The van der Waals surface area contributed by atoms with Gasteiger partial charge in [-0.2, -0.15) is 0 Å². The van der Waals surface area contributed by atoms with Crippen molar-refractivity contribution < 1.29 is 13.3 Å². The standard InChI is InChI=1S/C28H16N2O3/c1-2-6-20-17(5-1)13-14-25-22(20)15-26(32-25)28-30-29-27(33-28)19-11-9-18(10-12-19)23-16-31-24-8-4-3-7-21(23)24/h1-16H. The lowest BCUT2D eigenvalue weighted by Gasteiger charge is -2.00. The van der Waals surface area contributed by atoms with E-state index in [0.717, 1.165) is 49.4 Å². The van der Waals surface area contributed by atoms with Crippen LogP contribution in [0.1, 0.15) is 0 Å². The van der Waals surface area contributed by atoms with E-state index in [4.69, 9.17) is 13.3 Å². The maximum absolute atomic E-state index is 6.01. The zero-order chi connectivity index (χ0) is 21.8. The lowest BCUT2D eigenvalue weighted by Crippen LogP contribution is -1.80. The number of furan rings is 2. The fraction of sp³-hybridized carbons (Fsp3) is 0. The maximum Gasteiger partial charge on any atom is 0.283 e.